The molecule has 0 aliphatic carbocycles. The van der Waals surface area contributed by atoms with Crippen molar-refractivity contribution in [2.75, 3.05) is 17.6 Å². The summed E-state index contributed by atoms with van der Waals surface area (Å²) in [6.07, 6.45) is 0.642. The van der Waals surface area contributed by atoms with E-state index in [1.165, 1.54) is 11.8 Å². The first-order chi connectivity index (χ1) is 13.1. The number of para-hydroxylation sites is 2. The summed E-state index contributed by atoms with van der Waals surface area (Å²) in [6.45, 7) is 3.43. The van der Waals surface area contributed by atoms with E-state index in [1.807, 2.05) is 37.3 Å². The molecule has 0 radical (unpaired) electrons. The second-order valence-electron chi connectivity index (χ2n) is 6.63. The first-order valence-electron chi connectivity index (χ1n) is 8.99. The normalized spacial score (nSPS) is 14.7. The van der Waals surface area contributed by atoms with Gasteiger partial charge in [-0.25, -0.2) is 9.37 Å². The Kier molecular flexibility index (Phi) is 5.13. The number of benzene rings is 2. The number of nitrogens with zero attached hydrogens (tertiary/aromatic N) is 1. The minimum atomic E-state index is -0.308. The zero-order valence-electron chi connectivity index (χ0n) is 15.0. The second kappa shape index (κ2) is 7.70. The maximum absolute atomic E-state index is 14.6. The number of hydrogen-bond acceptors (Lipinski definition) is 4. The van der Waals surface area contributed by atoms with Crippen LogP contribution in [0, 0.1) is 5.82 Å². The van der Waals surface area contributed by atoms with Crippen LogP contribution in [0.5, 0.6) is 0 Å². The molecule has 3 aromatic rings. The Balaban J connectivity index is 1.38. The van der Waals surface area contributed by atoms with E-state index in [9.17, 15) is 9.18 Å². The van der Waals surface area contributed by atoms with Crippen LogP contribution in [0.3, 0.4) is 0 Å². The zero-order valence-corrected chi connectivity index (χ0v) is 15.8. The van der Waals surface area contributed by atoms with Crippen molar-refractivity contribution in [2.24, 2.45) is 0 Å². The molecule has 4 rings (SSSR count). The summed E-state index contributed by atoms with van der Waals surface area (Å²) in [5, 5.41) is 5.96. The van der Waals surface area contributed by atoms with Crippen LogP contribution in [0.15, 0.2) is 36.4 Å². The quantitative estimate of drug-likeness (QED) is 0.626. The van der Waals surface area contributed by atoms with Crippen molar-refractivity contribution in [2.45, 2.75) is 25.1 Å². The fraction of sp³-hybridized carbons (Fsp3) is 0.300. The molecule has 1 aliphatic heterocycles. The van der Waals surface area contributed by atoms with E-state index >= 15 is 0 Å². The summed E-state index contributed by atoms with van der Waals surface area (Å²) < 4.78 is 14.6. The van der Waals surface area contributed by atoms with Crippen LogP contribution in [-0.2, 0) is 17.8 Å². The fourth-order valence-corrected chi connectivity index (χ4v) is 4.00. The molecule has 2 heterocycles. The highest BCUT2D eigenvalue weighted by atomic mass is 32.2. The van der Waals surface area contributed by atoms with Crippen molar-refractivity contribution < 1.29 is 9.18 Å². The summed E-state index contributed by atoms with van der Waals surface area (Å²) >= 11 is 1.47. The molecule has 1 unspecified atom stereocenters. The van der Waals surface area contributed by atoms with Crippen molar-refractivity contribution >= 4 is 34.4 Å². The Bertz CT molecular complexity index is 954. The van der Waals surface area contributed by atoms with Crippen LogP contribution < -0.4 is 10.6 Å². The number of amides is 1. The van der Waals surface area contributed by atoms with Gasteiger partial charge in [-0.1, -0.05) is 18.2 Å². The largest absolute Gasteiger partial charge is 0.341 e. The van der Waals surface area contributed by atoms with E-state index in [0.717, 1.165) is 29.0 Å². The van der Waals surface area contributed by atoms with Gasteiger partial charge in [0.2, 0.25) is 5.91 Å². The summed E-state index contributed by atoms with van der Waals surface area (Å²) in [5.74, 6) is 0.547. The van der Waals surface area contributed by atoms with Crippen molar-refractivity contribution in [3.05, 3.63) is 59.2 Å². The summed E-state index contributed by atoms with van der Waals surface area (Å²) in [7, 11) is 0. The first kappa shape index (κ1) is 18.0. The lowest BCUT2D eigenvalue weighted by atomic mass is 9.99. The van der Waals surface area contributed by atoms with Gasteiger partial charge in [0.1, 0.15) is 11.6 Å². The fourth-order valence-electron chi connectivity index (χ4n) is 3.26. The Morgan fingerprint density at radius 2 is 2.19 bits per heavy atom. The van der Waals surface area contributed by atoms with Crippen LogP contribution in [0.1, 0.15) is 29.1 Å². The number of H-pyrrole nitrogens is 1. The average Bonchev–Trinajstić information content (AvgIpc) is 3.13. The Hall–Kier alpha value is -2.38. The molecule has 0 saturated heterocycles. The van der Waals surface area contributed by atoms with E-state index in [2.05, 4.69) is 20.6 Å². The van der Waals surface area contributed by atoms with Crippen LogP contribution in [0.2, 0.25) is 0 Å². The van der Waals surface area contributed by atoms with Crippen molar-refractivity contribution in [1.29, 1.82) is 0 Å². The van der Waals surface area contributed by atoms with Crippen molar-refractivity contribution in [1.82, 2.24) is 15.3 Å². The summed E-state index contributed by atoms with van der Waals surface area (Å²) in [4.78, 5) is 20.1. The number of anilines is 1. The number of aromatic nitrogens is 2. The molecule has 0 fully saturated rings. The lowest BCUT2D eigenvalue weighted by Gasteiger charge is -2.19. The van der Waals surface area contributed by atoms with E-state index in [1.54, 1.807) is 6.07 Å². The minimum Gasteiger partial charge on any atom is -0.341 e. The third kappa shape index (κ3) is 3.84. The number of carbonyl (C=O) groups excluding carboxylic acids is 1. The Morgan fingerprint density at radius 1 is 1.33 bits per heavy atom. The van der Waals surface area contributed by atoms with Gasteiger partial charge in [0.05, 0.1) is 27.7 Å². The van der Waals surface area contributed by atoms with Gasteiger partial charge < -0.3 is 15.6 Å². The average molecular weight is 384 g/mol. The van der Waals surface area contributed by atoms with Gasteiger partial charge in [0.15, 0.2) is 0 Å². The van der Waals surface area contributed by atoms with E-state index < -0.39 is 0 Å². The molecule has 1 aromatic heterocycles. The molecule has 1 amide bonds. The number of aromatic amines is 1. The maximum Gasteiger partial charge on any atom is 0.234 e. The van der Waals surface area contributed by atoms with Crippen molar-refractivity contribution in [3.8, 4) is 0 Å². The van der Waals surface area contributed by atoms with Crippen LogP contribution >= 0.6 is 11.8 Å². The molecule has 1 aliphatic rings. The number of imidazole rings is 1. The topological polar surface area (TPSA) is 69.8 Å². The summed E-state index contributed by atoms with van der Waals surface area (Å²) in [5.41, 5.74) is 3.82. The maximum atomic E-state index is 14.6. The molecule has 0 spiro atoms. The number of fused-ring (bicyclic) bond motifs is 2. The van der Waals surface area contributed by atoms with Crippen molar-refractivity contribution in [3.63, 3.8) is 0 Å². The predicted molar refractivity (Wildman–Crippen MR) is 107 cm³/mol. The standard InChI is InChI=1S/C20H21FN4OS/c1-12(20-24-15-4-2-3-5-16(15)25-20)27-11-18(26)23-17-7-6-13-10-22-9-8-14(13)19(17)21/h2-7,12,22H,8-11H2,1H3,(H,23,26)(H,24,25). The molecule has 5 nitrogen and oxygen atoms in total. The molecule has 1 atom stereocenters. The van der Waals surface area contributed by atoms with E-state index in [4.69, 9.17) is 0 Å². The first-order valence-corrected chi connectivity index (χ1v) is 10.0. The second-order valence-corrected chi connectivity index (χ2v) is 7.96. The van der Waals surface area contributed by atoms with Gasteiger partial charge in [-0.3, -0.25) is 4.79 Å². The molecular weight excluding hydrogens is 363 g/mol. The molecule has 140 valence electrons. The monoisotopic (exact) mass is 384 g/mol. The van der Waals surface area contributed by atoms with Gasteiger partial charge in [-0.2, -0.15) is 0 Å². The third-order valence-electron chi connectivity index (χ3n) is 4.74. The molecule has 3 N–H and O–H groups in total. The molecule has 2 aromatic carbocycles. The van der Waals surface area contributed by atoms with E-state index in [-0.39, 0.29) is 28.4 Å². The smallest absolute Gasteiger partial charge is 0.234 e. The van der Waals surface area contributed by atoms with Gasteiger partial charge >= 0.3 is 0 Å². The Labute approximate surface area is 161 Å². The Morgan fingerprint density at radius 3 is 3.04 bits per heavy atom. The molecule has 27 heavy (non-hydrogen) atoms. The zero-order chi connectivity index (χ0) is 18.8. The number of rotatable bonds is 5. The molecule has 0 saturated carbocycles. The molecular formula is C20H21FN4OS. The van der Waals surface area contributed by atoms with Gasteiger partial charge in [0.25, 0.3) is 0 Å². The van der Waals surface area contributed by atoms with Crippen LogP contribution in [0.4, 0.5) is 10.1 Å². The number of thioether (sulfide) groups is 1. The van der Waals surface area contributed by atoms with Crippen LogP contribution in [0.25, 0.3) is 11.0 Å². The number of hydrogen-bond donors (Lipinski definition) is 3. The highest BCUT2D eigenvalue weighted by molar-refractivity contribution is 8.00. The minimum absolute atomic E-state index is 0.0302. The SMILES string of the molecule is CC(SCC(=O)Nc1ccc2c(c1F)CCNC2)c1nc2ccccc2[nH]1. The number of halogens is 1. The lowest BCUT2D eigenvalue weighted by molar-refractivity contribution is -0.113. The number of nitrogens with one attached hydrogen (secondary N) is 3. The predicted octanol–water partition coefficient (Wildman–Crippen LogP) is 3.78. The highest BCUT2D eigenvalue weighted by Crippen LogP contribution is 2.28. The lowest BCUT2D eigenvalue weighted by Crippen LogP contribution is -2.25. The van der Waals surface area contributed by atoms with E-state index in [0.29, 0.717) is 18.5 Å². The third-order valence-corrected chi connectivity index (χ3v) is 5.89. The molecule has 7 heteroatoms. The highest BCUT2D eigenvalue weighted by Gasteiger charge is 2.18. The van der Waals surface area contributed by atoms with Gasteiger partial charge in [-0.15, -0.1) is 11.8 Å². The number of carbonyl (C=O) groups is 1. The van der Waals surface area contributed by atoms with Gasteiger partial charge in [-0.05, 0) is 49.2 Å². The molecule has 0 bridgehead atoms. The van der Waals surface area contributed by atoms with Gasteiger partial charge in [0, 0.05) is 6.54 Å². The summed E-state index contributed by atoms with van der Waals surface area (Å²) in [6, 6.07) is 11.4. The van der Waals surface area contributed by atoms with Crippen LogP contribution in [-0.4, -0.2) is 28.2 Å².